The van der Waals surface area contributed by atoms with Crippen LogP contribution in [0.3, 0.4) is 0 Å². The van der Waals surface area contributed by atoms with Crippen molar-refractivity contribution >= 4 is 30.6 Å². The first-order valence-corrected chi connectivity index (χ1v) is 21.0. The van der Waals surface area contributed by atoms with Crippen molar-refractivity contribution in [3.8, 4) is 0 Å². The van der Waals surface area contributed by atoms with Gasteiger partial charge in [-0.2, -0.15) is 0 Å². The largest absolute Gasteiger partial charge is 0.466 e. The van der Waals surface area contributed by atoms with Gasteiger partial charge < -0.3 is 23.4 Å². The number of esters is 2. The molecular formula is C42H64O7Si. The van der Waals surface area contributed by atoms with E-state index >= 15 is 0 Å². The average molecular weight is 709 g/mol. The molecule has 7 nitrogen and oxygen atoms in total. The Bertz CT molecular complexity index is 1240. The standard InChI is InChI=1S/C42H64O7Si/c1-8-11-14-21-34(49-50(42(5,6)7,35-22-15-12-16-23-35)36-24-17-13-18-25-36)28-29-38-37(26-19-20-27-41(44)46-10-3)40(48-33(4)43)32-39(38)47-31-30-45-9-2/h12-13,15-18,22-25,28-29,34,37-40H,8-11,14,19-21,26-27,30-32H2,1-7H3/b29-28+/t34-,37+,38+,39+,40-/m0/s1. The number of carbonyl (C=O) groups is 2. The van der Waals surface area contributed by atoms with Gasteiger partial charge in [0, 0.05) is 38.2 Å². The van der Waals surface area contributed by atoms with Crippen molar-refractivity contribution in [2.45, 2.75) is 130 Å². The number of unbranched alkanes of at least 4 members (excludes halogenated alkanes) is 3. The lowest BCUT2D eigenvalue weighted by atomic mass is 9.87. The molecule has 0 radical (unpaired) electrons. The zero-order chi connectivity index (χ0) is 36.4. The van der Waals surface area contributed by atoms with Gasteiger partial charge in [-0.05, 0) is 48.5 Å². The van der Waals surface area contributed by atoms with Crippen LogP contribution in [0, 0.1) is 11.8 Å². The second-order valence-electron chi connectivity index (χ2n) is 14.5. The van der Waals surface area contributed by atoms with E-state index < -0.39 is 8.32 Å². The fourth-order valence-corrected chi connectivity index (χ4v) is 12.2. The molecule has 3 rings (SSSR count). The van der Waals surface area contributed by atoms with Gasteiger partial charge in [0.1, 0.15) is 6.10 Å². The Morgan fingerprint density at radius 1 is 0.860 bits per heavy atom. The molecule has 0 amide bonds. The third-order valence-electron chi connectivity index (χ3n) is 9.81. The van der Waals surface area contributed by atoms with E-state index in [4.69, 9.17) is 23.4 Å². The molecule has 8 heteroatoms. The van der Waals surface area contributed by atoms with Crippen LogP contribution in [0.1, 0.15) is 106 Å². The number of rotatable bonds is 22. The maximum Gasteiger partial charge on any atom is 0.305 e. The second kappa shape index (κ2) is 21.6. The molecule has 1 saturated carbocycles. The minimum atomic E-state index is -2.80. The fourth-order valence-electron chi connectivity index (χ4n) is 7.50. The normalized spacial score (nSPS) is 20.2. The summed E-state index contributed by atoms with van der Waals surface area (Å²) < 4.78 is 30.9. The molecule has 1 aliphatic carbocycles. The first-order valence-electron chi connectivity index (χ1n) is 19.1. The number of ether oxygens (including phenoxy) is 4. The van der Waals surface area contributed by atoms with Crippen molar-refractivity contribution in [3.63, 3.8) is 0 Å². The third kappa shape index (κ3) is 12.2. The molecule has 0 unspecified atom stereocenters. The smallest absolute Gasteiger partial charge is 0.305 e. The summed E-state index contributed by atoms with van der Waals surface area (Å²) in [6, 6.07) is 21.6. The van der Waals surface area contributed by atoms with Crippen LogP contribution in [0.4, 0.5) is 0 Å². The van der Waals surface area contributed by atoms with E-state index in [1.54, 1.807) is 0 Å². The molecule has 0 aromatic heterocycles. The highest BCUT2D eigenvalue weighted by atomic mass is 28.4. The summed E-state index contributed by atoms with van der Waals surface area (Å²) in [5, 5.41) is 2.38. The van der Waals surface area contributed by atoms with Crippen LogP contribution in [0.25, 0.3) is 0 Å². The molecular weight excluding hydrogens is 645 g/mol. The van der Waals surface area contributed by atoms with Crippen LogP contribution in [-0.2, 0) is 33.0 Å². The van der Waals surface area contributed by atoms with E-state index in [0.29, 0.717) is 39.3 Å². The van der Waals surface area contributed by atoms with Gasteiger partial charge in [0.15, 0.2) is 0 Å². The first-order chi connectivity index (χ1) is 24.1. The van der Waals surface area contributed by atoms with E-state index in [9.17, 15) is 9.59 Å². The van der Waals surface area contributed by atoms with Crippen molar-refractivity contribution in [1.29, 1.82) is 0 Å². The summed E-state index contributed by atoms with van der Waals surface area (Å²) in [6.07, 6.45) is 11.7. The van der Waals surface area contributed by atoms with Crippen molar-refractivity contribution in [2.24, 2.45) is 11.8 Å². The Balaban J connectivity index is 2.03. The molecule has 1 aliphatic rings. The van der Waals surface area contributed by atoms with Gasteiger partial charge in [-0.15, -0.1) is 0 Å². The third-order valence-corrected chi connectivity index (χ3v) is 14.9. The zero-order valence-corrected chi connectivity index (χ0v) is 32.9. The van der Waals surface area contributed by atoms with E-state index in [1.807, 2.05) is 13.8 Å². The molecule has 0 saturated heterocycles. The van der Waals surface area contributed by atoms with Gasteiger partial charge in [-0.1, -0.05) is 126 Å². The highest BCUT2D eigenvalue weighted by molar-refractivity contribution is 6.99. The maximum absolute atomic E-state index is 12.3. The van der Waals surface area contributed by atoms with E-state index in [-0.39, 0.29) is 47.1 Å². The Kier molecular flexibility index (Phi) is 17.9. The molecule has 0 bridgehead atoms. The number of hydrogen-bond acceptors (Lipinski definition) is 7. The van der Waals surface area contributed by atoms with Crippen LogP contribution in [0.15, 0.2) is 72.8 Å². The number of carbonyl (C=O) groups excluding carboxylic acids is 2. The van der Waals surface area contributed by atoms with E-state index in [2.05, 4.69) is 101 Å². The lowest BCUT2D eigenvalue weighted by Crippen LogP contribution is -2.67. The maximum atomic E-state index is 12.3. The van der Waals surface area contributed by atoms with Crippen molar-refractivity contribution < 1.29 is 33.0 Å². The molecule has 2 aromatic carbocycles. The topological polar surface area (TPSA) is 80.3 Å². The predicted octanol–water partition coefficient (Wildman–Crippen LogP) is 8.18. The summed E-state index contributed by atoms with van der Waals surface area (Å²) in [7, 11) is -2.80. The van der Waals surface area contributed by atoms with Gasteiger partial charge in [0.05, 0.1) is 32.0 Å². The molecule has 0 heterocycles. The Morgan fingerprint density at radius 3 is 2.08 bits per heavy atom. The van der Waals surface area contributed by atoms with Gasteiger partial charge in [0.2, 0.25) is 0 Å². The molecule has 278 valence electrons. The molecule has 5 atom stereocenters. The Morgan fingerprint density at radius 2 is 1.52 bits per heavy atom. The van der Waals surface area contributed by atoms with Crippen molar-refractivity contribution in [2.75, 3.05) is 26.4 Å². The van der Waals surface area contributed by atoms with Crippen LogP contribution in [0.5, 0.6) is 0 Å². The summed E-state index contributed by atoms with van der Waals surface area (Å²) >= 11 is 0. The summed E-state index contributed by atoms with van der Waals surface area (Å²) in [4.78, 5) is 24.4. The van der Waals surface area contributed by atoms with Gasteiger partial charge in [-0.25, -0.2) is 0 Å². The first kappa shape index (κ1) is 41.6. The second-order valence-corrected chi connectivity index (χ2v) is 18.7. The Labute approximate surface area is 303 Å². The van der Waals surface area contributed by atoms with Crippen LogP contribution < -0.4 is 10.4 Å². The highest BCUT2D eigenvalue weighted by Gasteiger charge is 2.51. The quantitative estimate of drug-likeness (QED) is 0.0528. The molecule has 50 heavy (non-hydrogen) atoms. The van der Waals surface area contributed by atoms with Crippen LogP contribution in [-0.4, -0.2) is 65.0 Å². The molecule has 0 N–H and O–H groups in total. The minimum Gasteiger partial charge on any atom is -0.466 e. The molecule has 0 spiro atoms. The summed E-state index contributed by atoms with van der Waals surface area (Å²) in [6.45, 7) is 16.5. The Hall–Kier alpha value is -2.78. The SMILES string of the molecule is CCCCC[C@@H](/C=C/[C@@H]1[C@@H](CCCCC(=O)OCC)[C@@H](OC(C)=O)C[C@H]1OCCOCC)O[Si](c1ccccc1)(c1ccccc1)C(C)(C)C. The minimum absolute atomic E-state index is 0.0139. The number of hydrogen-bond donors (Lipinski definition) is 0. The zero-order valence-electron chi connectivity index (χ0n) is 31.9. The van der Waals surface area contributed by atoms with Crippen LogP contribution in [0.2, 0.25) is 5.04 Å². The monoisotopic (exact) mass is 708 g/mol. The summed E-state index contributed by atoms with van der Waals surface area (Å²) in [5.74, 6) is -0.380. The van der Waals surface area contributed by atoms with E-state index in [0.717, 1.165) is 44.9 Å². The van der Waals surface area contributed by atoms with Gasteiger partial charge >= 0.3 is 11.9 Å². The van der Waals surface area contributed by atoms with Gasteiger partial charge in [0.25, 0.3) is 8.32 Å². The molecule has 1 fully saturated rings. The van der Waals surface area contributed by atoms with Crippen LogP contribution >= 0.6 is 0 Å². The van der Waals surface area contributed by atoms with Crippen molar-refractivity contribution in [3.05, 3.63) is 72.8 Å². The lowest BCUT2D eigenvalue weighted by Gasteiger charge is -2.45. The van der Waals surface area contributed by atoms with E-state index in [1.165, 1.54) is 17.3 Å². The number of benzene rings is 2. The highest BCUT2D eigenvalue weighted by Crippen LogP contribution is 2.42. The molecule has 0 aliphatic heterocycles. The lowest BCUT2D eigenvalue weighted by molar-refractivity contribution is -0.148. The molecule has 2 aromatic rings. The van der Waals surface area contributed by atoms with Crippen molar-refractivity contribution in [1.82, 2.24) is 0 Å². The fraction of sp³-hybridized carbons (Fsp3) is 0.619. The predicted molar refractivity (Wildman–Crippen MR) is 204 cm³/mol. The van der Waals surface area contributed by atoms with Gasteiger partial charge in [-0.3, -0.25) is 9.59 Å². The average Bonchev–Trinajstić information content (AvgIpc) is 3.41. The summed E-state index contributed by atoms with van der Waals surface area (Å²) in [5.41, 5.74) is 0.